The van der Waals surface area contributed by atoms with E-state index in [0.29, 0.717) is 51.5 Å². The Morgan fingerprint density at radius 2 is 0.663 bits per heavy atom. The van der Waals surface area contributed by atoms with Crippen molar-refractivity contribution in [1.82, 2.24) is 31.9 Å². The summed E-state index contributed by atoms with van der Waals surface area (Å²) >= 11 is 0. The van der Waals surface area contributed by atoms with Gasteiger partial charge in [0.05, 0.1) is 0 Å². The van der Waals surface area contributed by atoms with Crippen molar-refractivity contribution in [3.8, 4) is 0 Å². The lowest BCUT2D eigenvalue weighted by molar-refractivity contribution is -0.140. The molecule has 18 nitrogen and oxygen atoms in total. The Balaban J connectivity index is -0.00000103. The van der Waals surface area contributed by atoms with Gasteiger partial charge in [0, 0.05) is 75.9 Å². The fraction of sp³-hybridized carbons (Fsp3) is 0.919. The topological polar surface area (TPSA) is 230 Å². The molecule has 0 bridgehead atoms. The van der Waals surface area contributed by atoms with E-state index in [1.54, 1.807) is 0 Å². The van der Waals surface area contributed by atoms with Crippen LogP contribution in [0, 0.1) is 40.4 Å². The quantitative estimate of drug-likeness (QED) is 0.0339. The Kier molecular flexibility index (Phi) is 53.2. The highest BCUT2D eigenvalue weighted by molar-refractivity contribution is 5.83. The summed E-state index contributed by atoms with van der Waals surface area (Å²) in [6, 6.07) is 1.09. The van der Waals surface area contributed by atoms with E-state index >= 15 is 0 Å². The van der Waals surface area contributed by atoms with Gasteiger partial charge in [0.25, 0.3) is 0 Å². The third-order valence-electron chi connectivity index (χ3n) is 14.3. The lowest BCUT2D eigenvalue weighted by Gasteiger charge is -2.30. The highest BCUT2D eigenvalue weighted by Crippen LogP contribution is 2.42. The number of rotatable bonds is 38. The van der Waals surface area contributed by atoms with Gasteiger partial charge in [0.2, 0.25) is 35.4 Å². The largest absolute Gasteiger partial charge is 0.368 e. The van der Waals surface area contributed by atoms with Crippen molar-refractivity contribution >= 4 is 35.4 Å². The lowest BCUT2D eigenvalue weighted by atomic mass is 9.81. The maximum absolute atomic E-state index is 11.9. The fourth-order valence-corrected chi connectivity index (χ4v) is 9.27. The molecule has 0 aromatic rings. The zero-order valence-electron chi connectivity index (χ0n) is 64.3. The number of carbonyl (C=O) groups is 6. The Morgan fingerprint density at radius 3 is 0.935 bits per heavy atom. The Bertz CT molecular complexity index is 1860. The number of ether oxygens (including phenoxy) is 6. The molecular weight excluding hydrogens is 1160 g/mol. The maximum atomic E-state index is 11.9. The van der Waals surface area contributed by atoms with Crippen molar-refractivity contribution in [2.24, 2.45) is 40.4 Å². The Hall–Kier alpha value is -3.42. The zero-order chi connectivity index (χ0) is 71.3. The van der Waals surface area contributed by atoms with Gasteiger partial charge in [0.1, 0.15) is 36.6 Å². The molecule has 6 amide bonds. The van der Waals surface area contributed by atoms with Crippen LogP contribution in [-0.2, 0) is 57.2 Å². The molecule has 8 atom stereocenters. The van der Waals surface area contributed by atoms with E-state index in [4.69, 9.17) is 28.4 Å². The molecule has 0 aromatic carbocycles. The highest BCUT2D eigenvalue weighted by Gasteiger charge is 2.37. The molecule has 3 saturated carbocycles. The third-order valence-corrected chi connectivity index (χ3v) is 14.3. The molecule has 0 aliphatic heterocycles. The van der Waals surface area contributed by atoms with Crippen LogP contribution in [0.4, 0.5) is 0 Å². The van der Waals surface area contributed by atoms with Gasteiger partial charge in [-0.3, -0.25) is 28.8 Å². The van der Waals surface area contributed by atoms with Gasteiger partial charge in [-0.25, -0.2) is 0 Å². The average molecular weight is 1310 g/mol. The van der Waals surface area contributed by atoms with E-state index in [1.807, 2.05) is 132 Å². The van der Waals surface area contributed by atoms with E-state index in [1.165, 1.54) is 38.5 Å². The van der Waals surface area contributed by atoms with E-state index in [-0.39, 0.29) is 125 Å². The molecule has 6 N–H and O–H groups in total. The minimum absolute atomic E-state index is 0.00319. The van der Waals surface area contributed by atoms with Crippen molar-refractivity contribution in [3.05, 3.63) is 0 Å². The van der Waals surface area contributed by atoms with Gasteiger partial charge < -0.3 is 60.3 Å². The van der Waals surface area contributed by atoms with Gasteiger partial charge in [-0.2, -0.15) is 0 Å². The van der Waals surface area contributed by atoms with E-state index in [2.05, 4.69) is 87.3 Å². The first-order chi connectivity index (χ1) is 42.8. The molecule has 3 rings (SSSR count). The smallest absolute Gasteiger partial charge is 0.249 e. The summed E-state index contributed by atoms with van der Waals surface area (Å²) in [6.07, 6.45) is 15.1. The second-order valence-electron chi connectivity index (χ2n) is 30.3. The number of hydrogen-bond acceptors (Lipinski definition) is 12. The first kappa shape index (κ1) is 92.8. The van der Waals surface area contributed by atoms with Crippen molar-refractivity contribution in [1.29, 1.82) is 0 Å². The second-order valence-corrected chi connectivity index (χ2v) is 30.3. The van der Waals surface area contributed by atoms with Crippen LogP contribution in [0.5, 0.6) is 0 Å². The van der Waals surface area contributed by atoms with Gasteiger partial charge in [-0.15, -0.1) is 0 Å². The predicted octanol–water partition coefficient (Wildman–Crippen LogP) is 14.0. The van der Waals surface area contributed by atoms with Crippen LogP contribution in [0.2, 0.25) is 0 Å². The first-order valence-corrected chi connectivity index (χ1v) is 36.4. The maximum Gasteiger partial charge on any atom is 0.249 e. The Morgan fingerprint density at radius 1 is 0.380 bits per heavy atom. The molecule has 546 valence electrons. The summed E-state index contributed by atoms with van der Waals surface area (Å²) in [5, 5.41) is 17.5. The van der Waals surface area contributed by atoms with Crippen LogP contribution >= 0.6 is 0 Å². The monoisotopic (exact) mass is 1310 g/mol. The normalized spacial score (nSPS) is 17.3. The molecule has 92 heavy (non-hydrogen) atoms. The molecule has 0 saturated heterocycles. The molecular formula is C74H148N6O12. The highest BCUT2D eigenvalue weighted by atomic mass is 16.5. The van der Waals surface area contributed by atoms with Crippen molar-refractivity contribution in [2.75, 3.05) is 39.6 Å². The van der Waals surface area contributed by atoms with E-state index < -0.39 is 0 Å². The summed E-state index contributed by atoms with van der Waals surface area (Å²) in [5.74, 6) is 3.32. The van der Waals surface area contributed by atoms with E-state index in [9.17, 15) is 28.8 Å². The minimum atomic E-state index is -0.361. The number of amides is 6. The fourth-order valence-electron chi connectivity index (χ4n) is 9.27. The van der Waals surface area contributed by atoms with Gasteiger partial charge in [0.15, 0.2) is 0 Å². The SMILES string of the molecule is CCCOC(C(=O)NC(C)C)C(C)(C)C.CCCOC(C(=O)NC(C)C)C(C)C.CCCOC(CC(C)(C)C)C(=O)NC(C)C.CCCOC(CC1CC1)C(=O)NC(C)C.CCCOC(CC1CC1C)C(=O)NC(C)C.CCCOC(CC1CCC1)C(=O)NC(C)C. The lowest BCUT2D eigenvalue weighted by Crippen LogP contribution is -2.46. The average Bonchev–Trinajstić information content (AvgIpc) is 1.91. The predicted molar refractivity (Wildman–Crippen MR) is 379 cm³/mol. The molecule has 0 spiro atoms. The standard InChI is InChI=1S/2C13H25NO2.C13H27NO2.C12H23NO2.C12H25NO2.C11H23NO2/c1-5-6-16-12(8-11-7-10(11)4)13(15)14-9(2)3;1-4-8-16-12(9-11-6-5-7-11)13(15)14-10(2)3;1-7-8-16-11(9-13(4,5)6)12(15)14-10(2)3;1-4-7-15-11(8-10-5-6-10)12(14)13-9(2)3;1-7-8-15-10(12(4,5)6)11(14)13-9(2)3;1-6-7-14-10(8(2)3)11(13)12-9(4)5/h9-12H,5-8H2,1-4H3,(H,14,15);10-12H,4-9H2,1-3H3,(H,14,15);10-11H,7-9H2,1-6H3,(H,14,15);9-11H,4-8H2,1-3H3,(H,13,14);9-10H,7-8H2,1-6H3,(H,13,14);8-10H,6-7H2,1-5H3,(H,12,13). The third kappa shape index (κ3) is 51.9. The molecule has 0 heterocycles. The van der Waals surface area contributed by atoms with Crippen LogP contribution in [0.25, 0.3) is 0 Å². The summed E-state index contributed by atoms with van der Waals surface area (Å²) < 4.78 is 33.6. The molecule has 18 heteroatoms. The minimum Gasteiger partial charge on any atom is -0.368 e. The van der Waals surface area contributed by atoms with Crippen molar-refractivity contribution < 1.29 is 57.2 Å². The number of carbonyl (C=O) groups excluding carboxylic acids is 6. The summed E-state index contributed by atoms with van der Waals surface area (Å²) in [5.41, 5.74) is -0.0547. The van der Waals surface area contributed by atoms with Crippen LogP contribution in [0.1, 0.15) is 290 Å². The van der Waals surface area contributed by atoms with Gasteiger partial charge in [-0.05, 0) is 194 Å². The molecule has 3 aliphatic rings. The number of nitrogens with one attached hydrogen (secondary N) is 6. The first-order valence-electron chi connectivity index (χ1n) is 36.4. The van der Waals surface area contributed by atoms with Crippen LogP contribution in [0.3, 0.4) is 0 Å². The molecule has 8 unspecified atom stereocenters. The number of hydrogen-bond donors (Lipinski definition) is 6. The molecule has 0 aromatic heterocycles. The van der Waals surface area contributed by atoms with Crippen molar-refractivity contribution in [2.45, 2.75) is 363 Å². The molecule has 3 fully saturated rings. The van der Waals surface area contributed by atoms with E-state index in [0.717, 1.165) is 76.0 Å². The van der Waals surface area contributed by atoms with Crippen LogP contribution in [0.15, 0.2) is 0 Å². The summed E-state index contributed by atoms with van der Waals surface area (Å²) in [6.45, 7) is 58.6. The molecule has 0 radical (unpaired) electrons. The van der Waals surface area contributed by atoms with Gasteiger partial charge in [-0.1, -0.05) is 136 Å². The summed E-state index contributed by atoms with van der Waals surface area (Å²) in [7, 11) is 0. The zero-order valence-corrected chi connectivity index (χ0v) is 64.3. The summed E-state index contributed by atoms with van der Waals surface area (Å²) in [4.78, 5) is 71.0. The van der Waals surface area contributed by atoms with Crippen LogP contribution < -0.4 is 31.9 Å². The van der Waals surface area contributed by atoms with Gasteiger partial charge >= 0.3 is 0 Å². The molecule has 3 aliphatic carbocycles. The van der Waals surface area contributed by atoms with Crippen LogP contribution in [-0.4, -0.2) is 148 Å². The Labute approximate surface area is 564 Å². The van der Waals surface area contributed by atoms with Crippen molar-refractivity contribution in [3.63, 3.8) is 0 Å². The second kappa shape index (κ2) is 52.7.